The van der Waals surface area contributed by atoms with Crippen LogP contribution >= 0.6 is 15.9 Å². The highest BCUT2D eigenvalue weighted by molar-refractivity contribution is 9.10. The molecule has 0 fully saturated rings. The molecule has 0 atom stereocenters. The summed E-state index contributed by atoms with van der Waals surface area (Å²) in [5, 5.41) is 8.82. The van der Waals surface area contributed by atoms with Crippen LogP contribution in [0, 0.1) is 17.1 Å². The van der Waals surface area contributed by atoms with E-state index in [4.69, 9.17) is 5.26 Å². The third-order valence-corrected chi connectivity index (χ3v) is 3.66. The molecule has 0 N–H and O–H groups in total. The van der Waals surface area contributed by atoms with Crippen LogP contribution in [0.4, 0.5) is 4.39 Å². The van der Waals surface area contributed by atoms with Gasteiger partial charge in [0.05, 0.1) is 11.6 Å². The molecule has 0 spiro atoms. The Kier molecular flexibility index (Phi) is 5.67. The molecule has 0 heterocycles. The molecule has 0 radical (unpaired) electrons. The van der Waals surface area contributed by atoms with Crippen molar-refractivity contribution in [2.45, 2.75) is 6.54 Å². The molecule has 0 aliphatic heterocycles. The summed E-state index contributed by atoms with van der Waals surface area (Å²) in [6.45, 7) is 4.35. The Balaban J connectivity index is 2.24. The summed E-state index contributed by atoms with van der Waals surface area (Å²) < 4.78 is 14.0. The van der Waals surface area contributed by atoms with Crippen LogP contribution < -0.4 is 0 Å². The number of benzene rings is 2. The summed E-state index contributed by atoms with van der Waals surface area (Å²) in [7, 11) is 0. The normalized spacial score (nSPS) is 9.96. The number of hydrogen-bond donors (Lipinski definition) is 0. The van der Waals surface area contributed by atoms with Gasteiger partial charge in [0, 0.05) is 23.1 Å². The molecule has 0 saturated carbocycles. The van der Waals surface area contributed by atoms with Gasteiger partial charge in [-0.15, -0.1) is 6.58 Å². The number of carbonyl (C=O) groups excluding carboxylic acids is 1. The van der Waals surface area contributed by atoms with Crippen LogP contribution in [0.2, 0.25) is 0 Å². The van der Waals surface area contributed by atoms with E-state index in [1.807, 2.05) is 0 Å². The van der Waals surface area contributed by atoms with Crippen molar-refractivity contribution < 1.29 is 9.18 Å². The van der Waals surface area contributed by atoms with Crippen LogP contribution in [0.1, 0.15) is 21.5 Å². The highest BCUT2D eigenvalue weighted by atomic mass is 79.9. The minimum atomic E-state index is -0.473. The average molecular weight is 373 g/mol. The molecular weight excluding hydrogens is 359 g/mol. The van der Waals surface area contributed by atoms with Gasteiger partial charge in [0.2, 0.25) is 0 Å². The molecular formula is C18H14BrFN2O. The van der Waals surface area contributed by atoms with Crippen molar-refractivity contribution in [3.63, 3.8) is 0 Å². The van der Waals surface area contributed by atoms with Crippen molar-refractivity contribution in [3.8, 4) is 6.07 Å². The van der Waals surface area contributed by atoms with Gasteiger partial charge < -0.3 is 4.90 Å². The molecule has 116 valence electrons. The summed E-state index contributed by atoms with van der Waals surface area (Å²) >= 11 is 3.19. The van der Waals surface area contributed by atoms with E-state index in [1.54, 1.807) is 41.3 Å². The van der Waals surface area contributed by atoms with Crippen LogP contribution in [-0.4, -0.2) is 17.4 Å². The lowest BCUT2D eigenvalue weighted by Gasteiger charge is -2.21. The van der Waals surface area contributed by atoms with Gasteiger partial charge in [-0.1, -0.05) is 34.1 Å². The maximum atomic E-state index is 13.5. The Bertz CT molecular complexity index is 745. The van der Waals surface area contributed by atoms with Crippen LogP contribution in [0.15, 0.2) is 59.6 Å². The van der Waals surface area contributed by atoms with E-state index in [0.29, 0.717) is 23.1 Å². The quantitative estimate of drug-likeness (QED) is 0.734. The minimum Gasteiger partial charge on any atom is -0.331 e. The van der Waals surface area contributed by atoms with Gasteiger partial charge in [-0.2, -0.15) is 5.26 Å². The van der Waals surface area contributed by atoms with Crippen molar-refractivity contribution in [1.82, 2.24) is 4.90 Å². The lowest BCUT2D eigenvalue weighted by Crippen LogP contribution is -2.30. The number of hydrogen-bond acceptors (Lipinski definition) is 2. The summed E-state index contributed by atoms with van der Waals surface area (Å²) in [5.74, 6) is -0.755. The van der Waals surface area contributed by atoms with E-state index in [1.165, 1.54) is 12.1 Å². The minimum absolute atomic E-state index is 0.271. The SMILES string of the molecule is C=CCN(Cc1ccc(C#N)cc1)C(=O)c1cc(F)cc(Br)c1. The fourth-order valence-corrected chi connectivity index (χ4v) is 2.61. The molecule has 2 aromatic carbocycles. The monoisotopic (exact) mass is 372 g/mol. The standard InChI is InChI=1S/C18H14BrFN2O/c1-2-7-22(12-14-5-3-13(11-21)4-6-14)18(23)15-8-16(19)10-17(20)9-15/h2-6,8-10H,1,7,12H2. The number of carbonyl (C=O) groups is 1. The van der Waals surface area contributed by atoms with E-state index in [9.17, 15) is 9.18 Å². The van der Waals surface area contributed by atoms with E-state index in [2.05, 4.69) is 28.6 Å². The summed E-state index contributed by atoms with van der Waals surface area (Å²) in [6, 6.07) is 13.1. The van der Waals surface area contributed by atoms with Crippen LogP contribution in [0.25, 0.3) is 0 Å². The third kappa shape index (κ3) is 4.51. The first-order valence-corrected chi connectivity index (χ1v) is 7.68. The molecule has 0 bridgehead atoms. The first-order valence-electron chi connectivity index (χ1n) is 6.89. The molecule has 1 amide bonds. The van der Waals surface area contributed by atoms with Gasteiger partial charge in [-0.3, -0.25) is 4.79 Å². The smallest absolute Gasteiger partial charge is 0.254 e. The van der Waals surface area contributed by atoms with Crippen molar-refractivity contribution in [3.05, 3.63) is 82.1 Å². The molecule has 3 nitrogen and oxygen atoms in total. The lowest BCUT2D eigenvalue weighted by atomic mass is 10.1. The Labute approximate surface area is 142 Å². The van der Waals surface area contributed by atoms with Gasteiger partial charge in [-0.25, -0.2) is 4.39 Å². The average Bonchev–Trinajstić information content (AvgIpc) is 2.53. The molecule has 0 aliphatic carbocycles. The van der Waals surface area contributed by atoms with Crippen molar-refractivity contribution in [1.29, 1.82) is 5.26 Å². The number of nitrogens with zero attached hydrogens (tertiary/aromatic N) is 2. The number of halogens is 2. The van der Waals surface area contributed by atoms with E-state index < -0.39 is 5.82 Å². The van der Waals surface area contributed by atoms with Crippen LogP contribution in [-0.2, 0) is 6.54 Å². The number of nitriles is 1. The van der Waals surface area contributed by atoms with Gasteiger partial charge in [0.25, 0.3) is 5.91 Å². The fourth-order valence-electron chi connectivity index (χ4n) is 2.14. The third-order valence-electron chi connectivity index (χ3n) is 3.20. The van der Waals surface area contributed by atoms with Gasteiger partial charge >= 0.3 is 0 Å². The van der Waals surface area contributed by atoms with E-state index in [-0.39, 0.29) is 11.5 Å². The van der Waals surface area contributed by atoms with Crippen molar-refractivity contribution in [2.24, 2.45) is 0 Å². The Morgan fingerprint density at radius 2 is 2.00 bits per heavy atom. The zero-order valence-corrected chi connectivity index (χ0v) is 13.9. The molecule has 23 heavy (non-hydrogen) atoms. The fraction of sp³-hybridized carbons (Fsp3) is 0.111. The Hall–Kier alpha value is -2.45. The molecule has 0 unspecified atom stereocenters. The maximum absolute atomic E-state index is 13.5. The van der Waals surface area contributed by atoms with E-state index >= 15 is 0 Å². The molecule has 0 aliphatic rings. The highest BCUT2D eigenvalue weighted by Crippen LogP contribution is 2.18. The number of amides is 1. The molecule has 2 rings (SSSR count). The van der Waals surface area contributed by atoms with Crippen LogP contribution in [0.3, 0.4) is 0 Å². The van der Waals surface area contributed by atoms with Crippen LogP contribution in [0.5, 0.6) is 0 Å². The topological polar surface area (TPSA) is 44.1 Å². The van der Waals surface area contributed by atoms with Gasteiger partial charge in [0.15, 0.2) is 0 Å². The van der Waals surface area contributed by atoms with Gasteiger partial charge in [-0.05, 0) is 35.9 Å². The first kappa shape index (κ1) is 16.9. The van der Waals surface area contributed by atoms with Crippen molar-refractivity contribution in [2.75, 3.05) is 6.54 Å². The second kappa shape index (κ2) is 7.70. The molecule has 5 heteroatoms. The first-order chi connectivity index (χ1) is 11.0. The highest BCUT2D eigenvalue weighted by Gasteiger charge is 2.16. The second-order valence-electron chi connectivity index (χ2n) is 4.94. The predicted molar refractivity (Wildman–Crippen MR) is 90.2 cm³/mol. The molecule has 0 saturated heterocycles. The predicted octanol–water partition coefficient (Wildman–Crippen LogP) is 4.29. The van der Waals surface area contributed by atoms with E-state index in [0.717, 1.165) is 5.56 Å². The maximum Gasteiger partial charge on any atom is 0.254 e. The molecule has 0 aromatic heterocycles. The Morgan fingerprint density at radius 3 is 2.57 bits per heavy atom. The summed E-state index contributed by atoms with van der Waals surface area (Å²) in [6.07, 6.45) is 1.62. The summed E-state index contributed by atoms with van der Waals surface area (Å²) in [4.78, 5) is 14.2. The second-order valence-corrected chi connectivity index (χ2v) is 5.86. The summed E-state index contributed by atoms with van der Waals surface area (Å²) in [5.41, 5.74) is 1.71. The molecule has 2 aromatic rings. The van der Waals surface area contributed by atoms with Gasteiger partial charge in [0.1, 0.15) is 5.82 Å². The largest absolute Gasteiger partial charge is 0.331 e. The zero-order valence-electron chi connectivity index (χ0n) is 12.3. The Morgan fingerprint density at radius 1 is 1.30 bits per heavy atom. The zero-order chi connectivity index (χ0) is 16.8. The number of rotatable bonds is 5. The van der Waals surface area contributed by atoms with Crippen molar-refractivity contribution >= 4 is 21.8 Å². The lowest BCUT2D eigenvalue weighted by molar-refractivity contribution is 0.0762.